The van der Waals surface area contributed by atoms with Gasteiger partial charge in [-0.1, -0.05) is 12.1 Å². The second-order valence-electron chi connectivity index (χ2n) is 5.70. The van der Waals surface area contributed by atoms with Crippen LogP contribution in [0.15, 0.2) is 42.7 Å². The molecule has 1 aromatic heterocycles. The number of aliphatic carboxylic acids is 1. The first-order chi connectivity index (χ1) is 11.0. The third-order valence-corrected chi connectivity index (χ3v) is 3.89. The lowest BCUT2D eigenvalue weighted by molar-refractivity contribution is -0.142. The number of carboxylic acids is 1. The third-order valence-electron chi connectivity index (χ3n) is 3.89. The zero-order chi connectivity index (χ0) is 16.3. The van der Waals surface area contributed by atoms with Gasteiger partial charge in [-0.3, -0.25) is 9.69 Å². The van der Waals surface area contributed by atoms with Gasteiger partial charge in [0.2, 0.25) is 0 Å². The maximum absolute atomic E-state index is 11.2. The van der Waals surface area contributed by atoms with Gasteiger partial charge >= 0.3 is 12.0 Å². The normalized spacial score (nSPS) is 21.3. The van der Waals surface area contributed by atoms with Gasteiger partial charge in [0.05, 0.1) is 0 Å². The highest BCUT2D eigenvalue weighted by Crippen LogP contribution is 2.23. The van der Waals surface area contributed by atoms with Crippen LogP contribution in [0.25, 0.3) is 0 Å². The van der Waals surface area contributed by atoms with Gasteiger partial charge in [0.1, 0.15) is 11.3 Å². The first kappa shape index (κ1) is 15.4. The first-order valence-corrected chi connectivity index (χ1v) is 7.34. The Morgan fingerprint density at radius 1 is 1.30 bits per heavy atom. The molecule has 1 fully saturated rings. The molecule has 3 N–H and O–H groups in total. The monoisotopic (exact) mass is 314 g/mol. The molecule has 1 unspecified atom stereocenters. The topological polar surface area (TPSA) is 102 Å². The van der Waals surface area contributed by atoms with E-state index >= 15 is 0 Å². The minimum Gasteiger partial charge on any atom is -0.480 e. The largest absolute Gasteiger partial charge is 0.480 e. The molecule has 3 rings (SSSR count). The molecule has 0 aliphatic carbocycles. The minimum absolute atomic E-state index is 0.300. The lowest BCUT2D eigenvalue weighted by atomic mass is 10.0. The summed E-state index contributed by atoms with van der Waals surface area (Å²) in [6.45, 7) is 1.70. The van der Waals surface area contributed by atoms with Gasteiger partial charge in [0.15, 0.2) is 0 Å². The van der Waals surface area contributed by atoms with Crippen LogP contribution >= 0.6 is 0 Å². The quantitative estimate of drug-likeness (QED) is 0.856. The van der Waals surface area contributed by atoms with E-state index in [9.17, 15) is 4.79 Å². The number of aromatic nitrogens is 2. The van der Waals surface area contributed by atoms with Crippen molar-refractivity contribution >= 4 is 5.97 Å². The van der Waals surface area contributed by atoms with E-state index < -0.39 is 11.5 Å². The molecule has 1 aliphatic rings. The summed E-state index contributed by atoms with van der Waals surface area (Å²) >= 11 is 0. The van der Waals surface area contributed by atoms with Gasteiger partial charge in [-0.25, -0.2) is 9.97 Å². The summed E-state index contributed by atoms with van der Waals surface area (Å²) in [5, 5.41) is 9.15. The predicted octanol–water partition coefficient (Wildman–Crippen LogP) is 1.26. The molecule has 1 atom stereocenters. The number of carboxylic acid groups (broad SMARTS) is 1. The minimum atomic E-state index is -1.13. The first-order valence-electron chi connectivity index (χ1n) is 7.34. The Bertz CT molecular complexity index is 677. The number of carbonyl (C=O) groups is 1. The summed E-state index contributed by atoms with van der Waals surface area (Å²) in [5.74, 6) is -0.285. The van der Waals surface area contributed by atoms with Crippen LogP contribution in [0.2, 0.25) is 0 Å². The van der Waals surface area contributed by atoms with Crippen molar-refractivity contribution in [1.82, 2.24) is 14.9 Å². The smallest absolute Gasteiger partial charge is 0.325 e. The van der Waals surface area contributed by atoms with E-state index in [1.807, 2.05) is 29.2 Å². The van der Waals surface area contributed by atoms with Crippen LogP contribution < -0.4 is 10.5 Å². The van der Waals surface area contributed by atoms with Crippen molar-refractivity contribution in [2.45, 2.75) is 18.5 Å². The van der Waals surface area contributed by atoms with E-state index in [1.54, 1.807) is 18.5 Å². The van der Waals surface area contributed by atoms with E-state index in [1.165, 1.54) is 0 Å². The predicted molar refractivity (Wildman–Crippen MR) is 83.0 cm³/mol. The number of hydrogen-bond acceptors (Lipinski definition) is 6. The molecule has 0 bridgehead atoms. The zero-order valence-corrected chi connectivity index (χ0v) is 12.6. The summed E-state index contributed by atoms with van der Waals surface area (Å²) in [6.07, 6.45) is 3.70. The van der Waals surface area contributed by atoms with Crippen LogP contribution in [-0.4, -0.2) is 44.6 Å². The molecule has 1 saturated heterocycles. The van der Waals surface area contributed by atoms with Crippen molar-refractivity contribution in [2.24, 2.45) is 5.73 Å². The molecule has 0 saturated carbocycles. The molecule has 2 aromatic rings. The summed E-state index contributed by atoms with van der Waals surface area (Å²) in [4.78, 5) is 21.2. The molecule has 120 valence electrons. The molecule has 7 heteroatoms. The Morgan fingerprint density at radius 2 is 2.00 bits per heavy atom. The highest BCUT2D eigenvalue weighted by Gasteiger charge is 2.40. The second kappa shape index (κ2) is 6.31. The number of benzene rings is 1. The average Bonchev–Trinajstić information content (AvgIpc) is 2.93. The Hall–Kier alpha value is -2.51. The van der Waals surface area contributed by atoms with Gasteiger partial charge in [0, 0.05) is 32.0 Å². The van der Waals surface area contributed by atoms with Crippen molar-refractivity contribution in [3.05, 3.63) is 48.3 Å². The van der Waals surface area contributed by atoms with Crippen molar-refractivity contribution < 1.29 is 14.6 Å². The Labute approximate surface area is 133 Å². The number of likely N-dealkylation sites (tertiary alicyclic amines) is 1. The maximum Gasteiger partial charge on any atom is 0.325 e. The SMILES string of the molecule is NC1(C(=O)O)CCN(Cc2ccc(Oc3ncccn3)cc2)C1. The number of hydrogen-bond donors (Lipinski definition) is 2. The molecule has 7 nitrogen and oxygen atoms in total. The number of nitrogens with zero attached hydrogens (tertiary/aromatic N) is 3. The fraction of sp³-hybridized carbons (Fsp3) is 0.312. The second-order valence-corrected chi connectivity index (χ2v) is 5.70. The van der Waals surface area contributed by atoms with Crippen molar-refractivity contribution in [2.75, 3.05) is 13.1 Å². The van der Waals surface area contributed by atoms with Gasteiger partial charge in [-0.2, -0.15) is 0 Å². The highest BCUT2D eigenvalue weighted by molar-refractivity contribution is 5.79. The number of nitrogens with two attached hydrogens (primary N) is 1. The van der Waals surface area contributed by atoms with Crippen molar-refractivity contribution in [3.8, 4) is 11.8 Å². The molecule has 1 aliphatic heterocycles. The Kier molecular flexibility index (Phi) is 4.22. The van der Waals surface area contributed by atoms with E-state index in [4.69, 9.17) is 15.6 Å². The zero-order valence-electron chi connectivity index (χ0n) is 12.6. The van der Waals surface area contributed by atoms with Gasteiger partial charge in [0.25, 0.3) is 0 Å². The lowest BCUT2D eigenvalue weighted by Gasteiger charge is -2.20. The molecule has 0 amide bonds. The molecular formula is C16H18N4O3. The molecular weight excluding hydrogens is 296 g/mol. The fourth-order valence-electron chi connectivity index (χ4n) is 2.59. The van der Waals surface area contributed by atoms with Crippen LogP contribution in [0.1, 0.15) is 12.0 Å². The molecule has 23 heavy (non-hydrogen) atoms. The van der Waals surface area contributed by atoms with Crippen LogP contribution in [0, 0.1) is 0 Å². The summed E-state index contributed by atoms with van der Waals surface area (Å²) < 4.78 is 5.53. The molecule has 1 aromatic carbocycles. The standard InChI is InChI=1S/C16H18N4O3/c17-16(14(21)22)6-9-20(11-16)10-12-2-4-13(5-3-12)23-15-18-7-1-8-19-15/h1-5,7-8H,6,9-11,17H2,(H,21,22). The summed E-state index contributed by atoms with van der Waals surface area (Å²) in [5.41, 5.74) is 5.82. The fourth-order valence-corrected chi connectivity index (χ4v) is 2.59. The van der Waals surface area contributed by atoms with Gasteiger partial charge in [-0.05, 0) is 30.2 Å². The summed E-state index contributed by atoms with van der Waals surface area (Å²) in [7, 11) is 0. The number of ether oxygens (including phenoxy) is 1. The summed E-state index contributed by atoms with van der Waals surface area (Å²) in [6, 6.07) is 9.59. The van der Waals surface area contributed by atoms with Crippen LogP contribution in [0.3, 0.4) is 0 Å². The van der Waals surface area contributed by atoms with Gasteiger partial charge < -0.3 is 15.6 Å². The highest BCUT2D eigenvalue weighted by atomic mass is 16.5. The van der Waals surface area contributed by atoms with Gasteiger partial charge in [-0.15, -0.1) is 0 Å². The third kappa shape index (κ3) is 3.64. The average molecular weight is 314 g/mol. The maximum atomic E-state index is 11.2. The van der Waals surface area contributed by atoms with Crippen LogP contribution in [-0.2, 0) is 11.3 Å². The molecule has 2 heterocycles. The lowest BCUT2D eigenvalue weighted by Crippen LogP contribution is -2.50. The van der Waals surface area contributed by atoms with E-state index in [2.05, 4.69) is 9.97 Å². The van der Waals surface area contributed by atoms with E-state index in [0.29, 0.717) is 37.8 Å². The van der Waals surface area contributed by atoms with Crippen molar-refractivity contribution in [1.29, 1.82) is 0 Å². The Morgan fingerprint density at radius 3 is 2.61 bits per heavy atom. The molecule has 0 spiro atoms. The van der Waals surface area contributed by atoms with Crippen LogP contribution in [0.4, 0.5) is 0 Å². The van der Waals surface area contributed by atoms with E-state index in [-0.39, 0.29) is 0 Å². The molecule has 0 radical (unpaired) electrons. The van der Waals surface area contributed by atoms with Crippen molar-refractivity contribution in [3.63, 3.8) is 0 Å². The number of rotatable bonds is 5. The Balaban J connectivity index is 1.59. The van der Waals surface area contributed by atoms with E-state index in [0.717, 1.165) is 5.56 Å². The van der Waals surface area contributed by atoms with Crippen LogP contribution in [0.5, 0.6) is 11.8 Å².